The number of esters is 1. The first kappa shape index (κ1) is 22.3. The summed E-state index contributed by atoms with van der Waals surface area (Å²) in [6, 6.07) is 12.7. The van der Waals surface area contributed by atoms with Crippen molar-refractivity contribution in [2.24, 2.45) is 0 Å². The van der Waals surface area contributed by atoms with Crippen LogP contribution in [0.2, 0.25) is 0 Å². The molecule has 33 heavy (non-hydrogen) atoms. The lowest BCUT2D eigenvalue weighted by Crippen LogP contribution is -2.25. The van der Waals surface area contributed by atoms with Gasteiger partial charge in [-0.05, 0) is 43.7 Å². The molecule has 0 aliphatic heterocycles. The molecule has 0 aliphatic carbocycles. The summed E-state index contributed by atoms with van der Waals surface area (Å²) in [5, 5.41) is 9.41. The number of benzene rings is 2. The largest absolute Gasteiger partial charge is 0.461 e. The smallest absolute Gasteiger partial charge is 0.359 e. The monoisotopic (exact) mass is 465 g/mol. The number of aromatic nitrogens is 2. The molecule has 2 heterocycles. The van der Waals surface area contributed by atoms with Crippen LogP contribution in [-0.4, -0.2) is 28.3 Å². The Hall–Kier alpha value is -3.85. The number of rotatable bonds is 6. The highest BCUT2D eigenvalue weighted by molar-refractivity contribution is 7.16. The maximum absolute atomic E-state index is 13.4. The third-order valence-corrected chi connectivity index (χ3v) is 5.83. The predicted octanol–water partition coefficient (Wildman–Crippen LogP) is 4.25. The summed E-state index contributed by atoms with van der Waals surface area (Å²) in [5.41, 5.74) is 1.62. The first-order valence-corrected chi connectivity index (χ1v) is 11.1. The Morgan fingerprint density at radius 1 is 1.12 bits per heavy atom. The van der Waals surface area contributed by atoms with Crippen molar-refractivity contribution >= 4 is 39.0 Å². The van der Waals surface area contributed by atoms with Gasteiger partial charge in [0.15, 0.2) is 5.69 Å². The molecule has 0 saturated carbocycles. The first-order valence-electron chi connectivity index (χ1n) is 10.2. The van der Waals surface area contributed by atoms with Gasteiger partial charge in [0.1, 0.15) is 10.8 Å². The molecule has 4 rings (SSSR count). The van der Waals surface area contributed by atoms with Gasteiger partial charge in [-0.2, -0.15) is 9.78 Å². The molecule has 0 fully saturated rings. The van der Waals surface area contributed by atoms with Crippen LogP contribution in [0.15, 0.2) is 58.7 Å². The zero-order valence-corrected chi connectivity index (χ0v) is 18.7. The fourth-order valence-corrected chi connectivity index (χ4v) is 4.26. The fraction of sp³-hybridized carbons (Fsp3) is 0.167. The van der Waals surface area contributed by atoms with E-state index < -0.39 is 11.5 Å². The minimum Gasteiger partial charge on any atom is -0.461 e. The summed E-state index contributed by atoms with van der Waals surface area (Å²) < 4.78 is 19.4. The number of nitrogens with zero attached hydrogens (tertiary/aromatic N) is 2. The van der Waals surface area contributed by atoms with Crippen LogP contribution >= 0.6 is 11.3 Å². The van der Waals surface area contributed by atoms with Crippen molar-refractivity contribution < 1.29 is 18.7 Å². The third kappa shape index (κ3) is 4.68. The van der Waals surface area contributed by atoms with Gasteiger partial charge in [0.25, 0.3) is 5.56 Å². The number of nitrogens with one attached hydrogen (secondary N) is 1. The quantitative estimate of drug-likeness (QED) is 0.430. The summed E-state index contributed by atoms with van der Waals surface area (Å²) in [6.45, 7) is 3.75. The van der Waals surface area contributed by atoms with Crippen LogP contribution in [0.5, 0.6) is 0 Å². The molecule has 0 unspecified atom stereocenters. The number of carbonyl (C=O) groups is 2. The van der Waals surface area contributed by atoms with Crippen LogP contribution < -0.4 is 10.9 Å². The Labute approximate surface area is 192 Å². The van der Waals surface area contributed by atoms with Gasteiger partial charge in [-0.25, -0.2) is 9.18 Å². The molecular formula is C24H20FN3O4S. The standard InChI is InChI=1S/C24H20FN3O4S/c1-3-32-24(31)21-18-13-33-22(26-19(29)12-15-6-8-16(25)9-7-15)20(18)23(30)28(27-21)17-10-4-14(2)5-11-17/h4-11,13H,3,12H2,1-2H3,(H,26,29). The molecule has 0 aliphatic rings. The summed E-state index contributed by atoms with van der Waals surface area (Å²) in [7, 11) is 0. The lowest BCUT2D eigenvalue weighted by Gasteiger charge is -2.10. The second kappa shape index (κ2) is 9.33. The average molecular weight is 466 g/mol. The second-order valence-electron chi connectivity index (χ2n) is 7.33. The first-order chi connectivity index (χ1) is 15.9. The van der Waals surface area contributed by atoms with E-state index in [1.165, 1.54) is 24.3 Å². The van der Waals surface area contributed by atoms with Crippen molar-refractivity contribution in [2.45, 2.75) is 20.3 Å². The highest BCUT2D eigenvalue weighted by Crippen LogP contribution is 2.31. The van der Waals surface area contributed by atoms with E-state index >= 15 is 0 Å². The van der Waals surface area contributed by atoms with Crippen LogP contribution in [0.1, 0.15) is 28.5 Å². The molecule has 2 aromatic carbocycles. The van der Waals surface area contributed by atoms with Crippen LogP contribution in [0, 0.1) is 12.7 Å². The van der Waals surface area contributed by atoms with Gasteiger partial charge in [-0.3, -0.25) is 9.59 Å². The number of fused-ring (bicyclic) bond motifs is 1. The maximum Gasteiger partial charge on any atom is 0.359 e. The Morgan fingerprint density at radius 2 is 1.82 bits per heavy atom. The van der Waals surface area contributed by atoms with E-state index in [4.69, 9.17) is 4.74 Å². The van der Waals surface area contributed by atoms with Gasteiger partial charge < -0.3 is 10.1 Å². The van der Waals surface area contributed by atoms with Gasteiger partial charge in [0, 0.05) is 10.8 Å². The number of ether oxygens (including phenoxy) is 1. The number of carbonyl (C=O) groups excluding carboxylic acids is 2. The van der Waals surface area contributed by atoms with Gasteiger partial charge in [0.05, 0.1) is 24.1 Å². The zero-order valence-electron chi connectivity index (χ0n) is 17.9. The Balaban J connectivity index is 1.78. The normalized spacial score (nSPS) is 10.9. The Kier molecular flexibility index (Phi) is 6.32. The lowest BCUT2D eigenvalue weighted by atomic mass is 10.1. The minimum atomic E-state index is -0.662. The number of thiophene rings is 1. The van der Waals surface area contributed by atoms with Crippen LogP contribution in [0.4, 0.5) is 9.39 Å². The SMILES string of the molecule is CCOC(=O)c1nn(-c2ccc(C)cc2)c(=O)c2c(NC(=O)Cc3ccc(F)cc3)scc12. The second-order valence-corrected chi connectivity index (χ2v) is 8.21. The number of halogens is 1. The topological polar surface area (TPSA) is 90.3 Å². The molecular weight excluding hydrogens is 445 g/mol. The van der Waals surface area contributed by atoms with Gasteiger partial charge in [0.2, 0.25) is 5.91 Å². The highest BCUT2D eigenvalue weighted by Gasteiger charge is 2.23. The number of anilines is 1. The van der Waals surface area contributed by atoms with E-state index in [0.717, 1.165) is 21.6 Å². The number of amides is 1. The predicted molar refractivity (Wildman–Crippen MR) is 125 cm³/mol. The van der Waals surface area contributed by atoms with Crippen molar-refractivity contribution in [2.75, 3.05) is 11.9 Å². The van der Waals surface area contributed by atoms with Crippen molar-refractivity contribution in [3.05, 3.63) is 86.9 Å². The molecule has 0 atom stereocenters. The van der Waals surface area contributed by atoms with Crippen molar-refractivity contribution in [1.29, 1.82) is 0 Å². The van der Waals surface area contributed by atoms with Crippen LogP contribution in [-0.2, 0) is 16.0 Å². The molecule has 7 nitrogen and oxygen atoms in total. The van der Waals surface area contributed by atoms with E-state index in [2.05, 4.69) is 10.4 Å². The zero-order chi connectivity index (χ0) is 23.5. The fourth-order valence-electron chi connectivity index (χ4n) is 3.31. The summed E-state index contributed by atoms with van der Waals surface area (Å²) in [4.78, 5) is 38.6. The van der Waals surface area contributed by atoms with Crippen molar-refractivity contribution in [1.82, 2.24) is 9.78 Å². The highest BCUT2D eigenvalue weighted by atomic mass is 32.1. The van der Waals surface area contributed by atoms with E-state index in [9.17, 15) is 18.8 Å². The third-order valence-electron chi connectivity index (χ3n) is 4.93. The summed E-state index contributed by atoms with van der Waals surface area (Å²) >= 11 is 1.12. The van der Waals surface area contributed by atoms with E-state index in [1.54, 1.807) is 24.4 Å². The number of hydrogen-bond acceptors (Lipinski definition) is 6. The minimum absolute atomic E-state index is 0.00163. The number of aryl methyl sites for hydroxylation is 1. The molecule has 0 radical (unpaired) electrons. The molecule has 1 amide bonds. The molecule has 1 N–H and O–H groups in total. The summed E-state index contributed by atoms with van der Waals surface area (Å²) in [6.07, 6.45) is 0.00163. The van der Waals surface area contributed by atoms with E-state index in [1.807, 2.05) is 19.1 Å². The Morgan fingerprint density at radius 3 is 2.48 bits per heavy atom. The van der Waals surface area contributed by atoms with E-state index in [-0.39, 0.29) is 35.8 Å². The molecule has 0 spiro atoms. The molecule has 2 aromatic heterocycles. The van der Waals surface area contributed by atoms with Crippen molar-refractivity contribution in [3.63, 3.8) is 0 Å². The average Bonchev–Trinajstić information content (AvgIpc) is 3.20. The summed E-state index contributed by atoms with van der Waals surface area (Å²) in [5.74, 6) is -1.43. The van der Waals surface area contributed by atoms with Crippen LogP contribution in [0.25, 0.3) is 16.5 Å². The lowest BCUT2D eigenvalue weighted by molar-refractivity contribution is -0.115. The van der Waals surface area contributed by atoms with Gasteiger partial charge >= 0.3 is 5.97 Å². The Bertz CT molecular complexity index is 1390. The van der Waals surface area contributed by atoms with E-state index in [0.29, 0.717) is 21.6 Å². The maximum atomic E-state index is 13.4. The molecule has 4 aromatic rings. The molecule has 168 valence electrons. The molecule has 9 heteroatoms. The number of hydrogen-bond donors (Lipinski definition) is 1. The van der Waals surface area contributed by atoms with Gasteiger partial charge in [-0.15, -0.1) is 11.3 Å². The molecule has 0 bridgehead atoms. The van der Waals surface area contributed by atoms with Crippen molar-refractivity contribution in [3.8, 4) is 5.69 Å². The molecule has 0 saturated heterocycles. The van der Waals surface area contributed by atoms with Gasteiger partial charge in [-0.1, -0.05) is 29.8 Å². The van der Waals surface area contributed by atoms with Crippen LogP contribution in [0.3, 0.4) is 0 Å².